The number of nitrogens with zero attached hydrogens (tertiary/aromatic N) is 7. The molecular weight excluding hydrogens is 748 g/mol. The predicted octanol–water partition coefficient (Wildman–Crippen LogP) is 3.45. The van der Waals surface area contributed by atoms with Gasteiger partial charge in [0.05, 0.1) is 21.7 Å². The van der Waals surface area contributed by atoms with Crippen LogP contribution in [0.1, 0.15) is 82.2 Å². The summed E-state index contributed by atoms with van der Waals surface area (Å²) in [5.74, 6) is -1.14. The van der Waals surface area contributed by atoms with Crippen molar-refractivity contribution >= 4 is 58.3 Å². The minimum atomic E-state index is -0.997. The number of carbonyl (C=O) groups excluding carboxylic acids is 5. The van der Waals surface area contributed by atoms with Crippen LogP contribution in [0.5, 0.6) is 0 Å². The molecule has 5 aliphatic heterocycles. The van der Waals surface area contributed by atoms with Crippen LogP contribution in [0.4, 0.5) is 17.2 Å². The Morgan fingerprint density at radius 3 is 2.53 bits per heavy atom. The van der Waals surface area contributed by atoms with E-state index in [1.165, 1.54) is 0 Å². The van der Waals surface area contributed by atoms with Crippen molar-refractivity contribution < 1.29 is 24.0 Å². The molecule has 57 heavy (non-hydrogen) atoms. The first-order valence-electron chi connectivity index (χ1n) is 19.7. The molecule has 0 aliphatic carbocycles. The predicted molar refractivity (Wildman–Crippen MR) is 212 cm³/mol. The van der Waals surface area contributed by atoms with Gasteiger partial charge in [0, 0.05) is 69.7 Å². The molecule has 1 spiro atoms. The van der Waals surface area contributed by atoms with Crippen LogP contribution in [0.15, 0.2) is 48.5 Å². The number of benzene rings is 2. The molecule has 5 aliphatic rings. The van der Waals surface area contributed by atoms with E-state index in [1.54, 1.807) is 30.3 Å². The highest BCUT2D eigenvalue weighted by Crippen LogP contribution is 2.46. The van der Waals surface area contributed by atoms with Crippen molar-refractivity contribution in [2.75, 3.05) is 67.5 Å². The molecule has 3 atom stereocenters. The topological polar surface area (TPSA) is 184 Å². The maximum absolute atomic E-state index is 13.4. The van der Waals surface area contributed by atoms with Crippen LogP contribution in [0.25, 0.3) is 0 Å². The molecule has 296 valence electrons. The number of halogens is 1. The lowest BCUT2D eigenvalue weighted by atomic mass is 9.77. The summed E-state index contributed by atoms with van der Waals surface area (Å²) in [5, 5.41) is 27.5. The molecule has 4 saturated heterocycles. The number of aromatic nitrogens is 2. The third-order valence-electron chi connectivity index (χ3n) is 12.3. The van der Waals surface area contributed by atoms with Gasteiger partial charge in [-0.3, -0.25) is 34.2 Å². The van der Waals surface area contributed by atoms with Gasteiger partial charge in [0.15, 0.2) is 11.5 Å². The van der Waals surface area contributed by atoms with Crippen LogP contribution in [0.2, 0.25) is 5.02 Å². The maximum atomic E-state index is 13.4. The number of hydrogen-bond donors (Lipinski definition) is 3. The van der Waals surface area contributed by atoms with Crippen molar-refractivity contribution in [3.63, 3.8) is 0 Å². The van der Waals surface area contributed by atoms with Gasteiger partial charge >= 0.3 is 0 Å². The first-order valence-corrected chi connectivity index (χ1v) is 20.0. The minimum absolute atomic E-state index is 0.0727. The molecule has 1 unspecified atom stereocenters. The zero-order chi connectivity index (χ0) is 39.8. The number of imide groups is 2. The monoisotopic (exact) mass is 792 g/mol. The highest BCUT2D eigenvalue weighted by Gasteiger charge is 2.46. The van der Waals surface area contributed by atoms with Crippen LogP contribution in [-0.4, -0.2) is 114 Å². The smallest absolute Gasteiger partial charge is 0.274 e. The number of likely N-dealkylation sites (tertiary alicyclic amines) is 1. The van der Waals surface area contributed by atoms with Crippen LogP contribution in [0, 0.1) is 22.7 Å². The minimum Gasteiger partial charge on any atom is -0.384 e. The summed E-state index contributed by atoms with van der Waals surface area (Å²) in [6, 6.07) is 15.9. The SMILES string of the molecule is C[C@H]1CC2(CCN(c3ccc(C(=O)N4CC[C@@H](CNCCNc5ccc6c(c5)C(=O)N(C5CCC(=O)NC5=O)C6=O)C4)nn3)CC2)CN1c1ccc(C#N)c(Cl)c1. The van der Waals surface area contributed by atoms with E-state index in [-0.39, 0.29) is 35.3 Å². The Labute approximate surface area is 335 Å². The van der Waals surface area contributed by atoms with E-state index in [9.17, 15) is 29.2 Å². The first-order chi connectivity index (χ1) is 27.5. The quantitative estimate of drug-likeness (QED) is 0.201. The highest BCUT2D eigenvalue weighted by molar-refractivity contribution is 6.32. The molecule has 0 saturated carbocycles. The van der Waals surface area contributed by atoms with Crippen LogP contribution in [0.3, 0.4) is 0 Å². The molecule has 15 nitrogen and oxygen atoms in total. The molecule has 6 heterocycles. The van der Waals surface area contributed by atoms with Crippen LogP contribution in [-0.2, 0) is 9.59 Å². The van der Waals surface area contributed by atoms with E-state index < -0.39 is 29.7 Å². The summed E-state index contributed by atoms with van der Waals surface area (Å²) >= 11 is 6.35. The molecule has 4 fully saturated rings. The number of piperidine rings is 2. The van der Waals surface area contributed by atoms with Crippen molar-refractivity contribution in [2.45, 2.75) is 57.5 Å². The fourth-order valence-electron chi connectivity index (χ4n) is 9.15. The van der Waals surface area contributed by atoms with E-state index in [2.05, 4.69) is 48.9 Å². The summed E-state index contributed by atoms with van der Waals surface area (Å²) in [6.07, 6.45) is 4.23. The van der Waals surface area contributed by atoms with Crippen LogP contribution >= 0.6 is 11.6 Å². The van der Waals surface area contributed by atoms with E-state index in [0.29, 0.717) is 60.1 Å². The van der Waals surface area contributed by atoms with E-state index in [1.807, 2.05) is 23.1 Å². The second kappa shape index (κ2) is 15.7. The van der Waals surface area contributed by atoms with Gasteiger partial charge in [-0.05, 0) is 105 Å². The summed E-state index contributed by atoms with van der Waals surface area (Å²) in [4.78, 5) is 70.8. The molecule has 0 bridgehead atoms. The van der Waals surface area contributed by atoms with Gasteiger partial charge < -0.3 is 25.3 Å². The first kappa shape index (κ1) is 38.3. The molecule has 3 N–H and O–H groups in total. The average Bonchev–Trinajstić information content (AvgIpc) is 3.88. The maximum Gasteiger partial charge on any atom is 0.274 e. The number of amides is 5. The van der Waals surface area contributed by atoms with Crippen molar-refractivity contribution in [1.82, 2.24) is 30.6 Å². The number of nitriles is 1. The van der Waals surface area contributed by atoms with E-state index in [4.69, 9.17) is 11.6 Å². The lowest BCUT2D eigenvalue weighted by molar-refractivity contribution is -0.136. The van der Waals surface area contributed by atoms with Crippen molar-refractivity contribution in [3.05, 3.63) is 75.9 Å². The Balaban J connectivity index is 0.759. The van der Waals surface area contributed by atoms with Crippen molar-refractivity contribution in [1.29, 1.82) is 5.26 Å². The van der Waals surface area contributed by atoms with Gasteiger partial charge in [-0.1, -0.05) is 11.6 Å². The second-order valence-corrected chi connectivity index (χ2v) is 16.4. The second-order valence-electron chi connectivity index (χ2n) is 16.0. The number of nitrogens with one attached hydrogen (secondary N) is 3. The lowest BCUT2D eigenvalue weighted by Crippen LogP contribution is -2.54. The highest BCUT2D eigenvalue weighted by atomic mass is 35.5. The largest absolute Gasteiger partial charge is 0.384 e. The molecule has 2 aromatic carbocycles. The molecule has 1 aromatic heterocycles. The zero-order valence-corrected chi connectivity index (χ0v) is 32.6. The van der Waals surface area contributed by atoms with Gasteiger partial charge in [-0.15, -0.1) is 10.2 Å². The molecule has 0 radical (unpaired) electrons. The van der Waals surface area contributed by atoms with Crippen LogP contribution < -0.4 is 25.8 Å². The Morgan fingerprint density at radius 1 is 0.982 bits per heavy atom. The third-order valence-corrected chi connectivity index (χ3v) is 12.6. The average molecular weight is 793 g/mol. The fraction of sp³-hybridized carbons (Fsp3) is 0.463. The number of anilines is 3. The Morgan fingerprint density at radius 2 is 1.79 bits per heavy atom. The van der Waals surface area contributed by atoms with Crippen molar-refractivity contribution in [2.24, 2.45) is 11.3 Å². The lowest BCUT2D eigenvalue weighted by Gasteiger charge is -2.39. The Hall–Kier alpha value is -5.59. The molecule has 5 amide bonds. The molecular formula is C41H45ClN10O5. The Bertz CT molecular complexity index is 2150. The summed E-state index contributed by atoms with van der Waals surface area (Å²) < 4.78 is 0. The summed E-state index contributed by atoms with van der Waals surface area (Å²) in [6.45, 7) is 8.17. The molecule has 16 heteroatoms. The summed E-state index contributed by atoms with van der Waals surface area (Å²) in [5.41, 5.74) is 3.25. The molecule has 8 rings (SSSR count). The molecule has 3 aromatic rings. The number of hydrogen-bond acceptors (Lipinski definition) is 12. The van der Waals surface area contributed by atoms with Gasteiger partial charge in [-0.2, -0.15) is 5.26 Å². The number of carbonyl (C=O) groups is 5. The fourth-order valence-corrected chi connectivity index (χ4v) is 9.36. The normalized spacial score (nSPS) is 22.9. The van der Waals surface area contributed by atoms with Crippen molar-refractivity contribution in [3.8, 4) is 6.07 Å². The number of fused-ring (bicyclic) bond motifs is 1. The Kier molecular flexibility index (Phi) is 10.6. The van der Waals surface area contributed by atoms with Gasteiger partial charge in [0.1, 0.15) is 12.1 Å². The zero-order valence-electron chi connectivity index (χ0n) is 31.8. The van der Waals surface area contributed by atoms with Gasteiger partial charge in [0.2, 0.25) is 11.8 Å². The van der Waals surface area contributed by atoms with E-state index in [0.717, 1.165) is 68.3 Å². The standard InChI is InChI=1S/C41H45ClN10O5/c1-25-20-41(24-51(25)29-4-2-27(21-43)32(42)19-29)11-16-49(17-12-41)35-8-6-33(47-48-35)40(57)50-15-10-26(23-50)22-44-13-14-45-28-3-5-30-31(18-28)39(56)52(38(30)55)34-7-9-36(53)46-37(34)54/h2-6,8,18-19,25-26,34,44-45H,7,9-17,20,22-24H2,1H3,(H,46,53,54)/t25-,26-,34?/m0/s1. The van der Waals surface area contributed by atoms with E-state index >= 15 is 0 Å². The third kappa shape index (κ3) is 7.63. The summed E-state index contributed by atoms with van der Waals surface area (Å²) in [7, 11) is 0. The number of rotatable bonds is 10. The van der Waals surface area contributed by atoms with Gasteiger partial charge in [0.25, 0.3) is 17.7 Å². The van der Waals surface area contributed by atoms with Gasteiger partial charge in [-0.25, -0.2) is 0 Å².